The predicted octanol–water partition coefficient (Wildman–Crippen LogP) is 2.68. The zero-order valence-electron chi connectivity index (χ0n) is 13.8. The van der Waals surface area contributed by atoms with Crippen molar-refractivity contribution >= 4 is 11.6 Å². The molecule has 3 rings (SSSR count). The highest BCUT2D eigenvalue weighted by molar-refractivity contribution is 5.93. The first-order valence-electron chi connectivity index (χ1n) is 7.87. The highest BCUT2D eigenvalue weighted by Gasteiger charge is 2.10. The second-order valence-electron chi connectivity index (χ2n) is 5.07. The van der Waals surface area contributed by atoms with Crippen LogP contribution < -0.4 is 14.8 Å². The summed E-state index contributed by atoms with van der Waals surface area (Å²) in [6, 6.07) is 12.4. The molecule has 0 spiro atoms. The van der Waals surface area contributed by atoms with Crippen molar-refractivity contribution in [1.82, 2.24) is 14.8 Å². The van der Waals surface area contributed by atoms with Crippen LogP contribution in [0.1, 0.15) is 6.92 Å². The van der Waals surface area contributed by atoms with Gasteiger partial charge in [-0.3, -0.25) is 4.79 Å². The van der Waals surface area contributed by atoms with Gasteiger partial charge in [-0.2, -0.15) is 5.10 Å². The minimum absolute atomic E-state index is 0.110. The van der Waals surface area contributed by atoms with Crippen molar-refractivity contribution in [1.29, 1.82) is 0 Å². The van der Waals surface area contributed by atoms with Crippen LogP contribution in [0.15, 0.2) is 61.1 Å². The summed E-state index contributed by atoms with van der Waals surface area (Å²) >= 11 is 0. The number of nitrogens with zero attached hydrogens (tertiary/aromatic N) is 3. The molecule has 0 saturated carbocycles. The summed E-state index contributed by atoms with van der Waals surface area (Å²) in [6.45, 7) is 2.42. The molecule has 7 nitrogen and oxygen atoms in total. The van der Waals surface area contributed by atoms with Crippen molar-refractivity contribution in [2.45, 2.75) is 6.92 Å². The minimum atomic E-state index is -0.282. The lowest BCUT2D eigenvalue weighted by molar-refractivity contribution is -0.118. The van der Waals surface area contributed by atoms with Gasteiger partial charge in [0.1, 0.15) is 11.5 Å². The molecule has 0 fully saturated rings. The lowest BCUT2D eigenvalue weighted by atomic mass is 10.3. The molecule has 0 aliphatic rings. The van der Waals surface area contributed by atoms with Gasteiger partial charge in [0.15, 0.2) is 12.4 Å². The Morgan fingerprint density at radius 1 is 1.08 bits per heavy atom. The minimum Gasteiger partial charge on any atom is -0.494 e. The third kappa shape index (κ3) is 4.35. The number of carbonyl (C=O) groups is 1. The van der Waals surface area contributed by atoms with Gasteiger partial charge >= 0.3 is 0 Å². The Morgan fingerprint density at radius 3 is 2.52 bits per heavy atom. The van der Waals surface area contributed by atoms with Crippen LogP contribution in [0.3, 0.4) is 0 Å². The lowest BCUT2D eigenvalue weighted by Gasteiger charge is -2.11. The van der Waals surface area contributed by atoms with Gasteiger partial charge in [0.25, 0.3) is 5.91 Å². The lowest BCUT2D eigenvalue weighted by Crippen LogP contribution is -2.21. The number of rotatable bonds is 7. The first-order valence-corrected chi connectivity index (χ1v) is 7.87. The molecule has 0 aliphatic carbocycles. The molecule has 0 atom stereocenters. The Bertz CT molecular complexity index is 817. The third-order valence-electron chi connectivity index (χ3n) is 3.29. The highest BCUT2D eigenvalue weighted by Crippen LogP contribution is 2.18. The van der Waals surface area contributed by atoms with Gasteiger partial charge in [0.2, 0.25) is 0 Å². The first kappa shape index (κ1) is 16.5. The second kappa shape index (κ2) is 7.96. The molecule has 0 unspecified atom stereocenters. The zero-order valence-corrected chi connectivity index (χ0v) is 13.8. The SMILES string of the molecule is CCOc1ccc(OCC(=O)Nc2cccnc2-n2cccn2)cc1. The highest BCUT2D eigenvalue weighted by atomic mass is 16.5. The molecule has 25 heavy (non-hydrogen) atoms. The van der Waals surface area contributed by atoms with Crippen molar-refractivity contribution in [2.75, 3.05) is 18.5 Å². The Balaban J connectivity index is 1.60. The normalized spacial score (nSPS) is 10.3. The van der Waals surface area contributed by atoms with Gasteiger partial charge in [-0.05, 0) is 49.4 Å². The van der Waals surface area contributed by atoms with Crippen LogP contribution in [-0.4, -0.2) is 33.9 Å². The molecular weight excluding hydrogens is 320 g/mol. The van der Waals surface area contributed by atoms with E-state index in [0.29, 0.717) is 23.9 Å². The van der Waals surface area contributed by atoms with E-state index < -0.39 is 0 Å². The van der Waals surface area contributed by atoms with Gasteiger partial charge in [0, 0.05) is 18.6 Å². The molecular formula is C18H18N4O3. The van der Waals surface area contributed by atoms with Crippen molar-refractivity contribution in [3.63, 3.8) is 0 Å². The molecule has 7 heteroatoms. The van der Waals surface area contributed by atoms with Gasteiger partial charge in [-0.25, -0.2) is 9.67 Å². The molecule has 1 N–H and O–H groups in total. The van der Waals surface area contributed by atoms with Crippen LogP contribution in [0.25, 0.3) is 5.82 Å². The number of amides is 1. The van der Waals surface area contributed by atoms with E-state index in [1.54, 1.807) is 65.7 Å². The van der Waals surface area contributed by atoms with E-state index in [4.69, 9.17) is 9.47 Å². The maximum atomic E-state index is 12.2. The average molecular weight is 338 g/mol. The number of hydrogen-bond donors (Lipinski definition) is 1. The number of aromatic nitrogens is 3. The van der Waals surface area contributed by atoms with Crippen LogP contribution in [0.2, 0.25) is 0 Å². The fraction of sp³-hybridized carbons (Fsp3) is 0.167. The van der Waals surface area contributed by atoms with Crippen molar-refractivity contribution in [3.8, 4) is 17.3 Å². The van der Waals surface area contributed by atoms with E-state index in [9.17, 15) is 4.79 Å². The second-order valence-corrected chi connectivity index (χ2v) is 5.07. The van der Waals surface area contributed by atoms with E-state index in [1.807, 2.05) is 6.92 Å². The molecule has 1 aromatic carbocycles. The number of anilines is 1. The maximum Gasteiger partial charge on any atom is 0.262 e. The van der Waals surface area contributed by atoms with Crippen LogP contribution in [-0.2, 0) is 4.79 Å². The quantitative estimate of drug-likeness (QED) is 0.716. The molecule has 0 saturated heterocycles. The monoisotopic (exact) mass is 338 g/mol. The van der Waals surface area contributed by atoms with E-state index in [-0.39, 0.29) is 12.5 Å². The van der Waals surface area contributed by atoms with E-state index >= 15 is 0 Å². The summed E-state index contributed by atoms with van der Waals surface area (Å²) in [5, 5.41) is 6.92. The summed E-state index contributed by atoms with van der Waals surface area (Å²) in [5.41, 5.74) is 0.562. The number of pyridine rings is 1. The zero-order chi connectivity index (χ0) is 17.5. The number of nitrogens with one attached hydrogen (secondary N) is 1. The van der Waals surface area contributed by atoms with Crippen molar-refractivity contribution in [3.05, 3.63) is 61.1 Å². The molecule has 0 bridgehead atoms. The van der Waals surface area contributed by atoms with E-state index in [1.165, 1.54) is 0 Å². The van der Waals surface area contributed by atoms with Gasteiger partial charge in [-0.15, -0.1) is 0 Å². The van der Waals surface area contributed by atoms with Crippen molar-refractivity contribution in [2.24, 2.45) is 0 Å². The standard InChI is InChI=1S/C18H18N4O3/c1-2-24-14-6-8-15(9-7-14)25-13-17(23)21-16-5-3-10-19-18(16)22-12-4-11-20-22/h3-12H,2,13H2,1H3,(H,21,23). The average Bonchev–Trinajstić information content (AvgIpc) is 3.16. The van der Waals surface area contributed by atoms with Gasteiger partial charge < -0.3 is 14.8 Å². The number of hydrogen-bond acceptors (Lipinski definition) is 5. The fourth-order valence-electron chi connectivity index (χ4n) is 2.21. The third-order valence-corrected chi connectivity index (χ3v) is 3.29. The summed E-state index contributed by atoms with van der Waals surface area (Å²) < 4.78 is 12.4. The summed E-state index contributed by atoms with van der Waals surface area (Å²) in [6.07, 6.45) is 5.05. The van der Waals surface area contributed by atoms with Gasteiger partial charge in [-0.1, -0.05) is 0 Å². The Labute approximate surface area is 145 Å². The van der Waals surface area contributed by atoms with E-state index in [2.05, 4.69) is 15.4 Å². The Hall–Kier alpha value is -3.35. The summed E-state index contributed by atoms with van der Waals surface area (Å²) in [7, 11) is 0. The maximum absolute atomic E-state index is 12.2. The van der Waals surface area contributed by atoms with Crippen LogP contribution >= 0.6 is 0 Å². The topological polar surface area (TPSA) is 78.3 Å². The fourth-order valence-corrected chi connectivity index (χ4v) is 2.21. The number of benzene rings is 1. The number of carbonyl (C=O) groups excluding carboxylic acids is 1. The van der Waals surface area contributed by atoms with Crippen molar-refractivity contribution < 1.29 is 14.3 Å². The molecule has 0 aliphatic heterocycles. The summed E-state index contributed by atoms with van der Waals surface area (Å²) in [5.74, 6) is 1.62. The molecule has 0 radical (unpaired) electrons. The summed E-state index contributed by atoms with van der Waals surface area (Å²) in [4.78, 5) is 16.4. The molecule has 1 amide bonds. The Kier molecular flexibility index (Phi) is 5.26. The number of ether oxygens (including phenoxy) is 2. The molecule has 2 aromatic heterocycles. The van der Waals surface area contributed by atoms with E-state index in [0.717, 1.165) is 5.75 Å². The first-order chi connectivity index (χ1) is 12.3. The predicted molar refractivity (Wildman–Crippen MR) is 93.1 cm³/mol. The van der Waals surface area contributed by atoms with Crippen LogP contribution in [0, 0.1) is 0 Å². The molecule has 3 aromatic rings. The largest absolute Gasteiger partial charge is 0.494 e. The smallest absolute Gasteiger partial charge is 0.262 e. The Morgan fingerprint density at radius 2 is 1.84 bits per heavy atom. The van der Waals surface area contributed by atoms with Gasteiger partial charge in [0.05, 0.1) is 12.3 Å². The van der Waals surface area contributed by atoms with Crippen LogP contribution in [0.5, 0.6) is 11.5 Å². The molecule has 2 heterocycles. The van der Waals surface area contributed by atoms with Crippen LogP contribution in [0.4, 0.5) is 5.69 Å². The molecule has 128 valence electrons.